The molecule has 1 heterocycles. The summed E-state index contributed by atoms with van der Waals surface area (Å²) in [5.41, 5.74) is 11.0. The van der Waals surface area contributed by atoms with Crippen molar-refractivity contribution >= 4 is 40.0 Å². The number of halogens is 2. The first-order chi connectivity index (χ1) is 21.8. The van der Waals surface area contributed by atoms with Crippen molar-refractivity contribution in [2.75, 3.05) is 19.8 Å². The molecule has 0 aliphatic heterocycles. The predicted octanol–water partition coefficient (Wildman–Crippen LogP) is 7.63. The van der Waals surface area contributed by atoms with Crippen molar-refractivity contribution in [3.05, 3.63) is 99.2 Å². The van der Waals surface area contributed by atoms with E-state index < -0.39 is 0 Å². The molecule has 0 bridgehead atoms. The Bertz CT molecular complexity index is 1660. The maximum absolute atomic E-state index is 14.0. The van der Waals surface area contributed by atoms with Gasteiger partial charge in [-0.25, -0.2) is 0 Å². The van der Waals surface area contributed by atoms with Crippen molar-refractivity contribution < 1.29 is 14.3 Å². The van der Waals surface area contributed by atoms with E-state index in [2.05, 4.69) is 17.1 Å². The average Bonchev–Trinajstić information content (AvgIpc) is 3.88. The Morgan fingerprint density at radius 3 is 2.44 bits per heavy atom. The zero-order chi connectivity index (χ0) is 31.9. The number of hydrogen-bond acceptors (Lipinski definition) is 6. The summed E-state index contributed by atoms with van der Waals surface area (Å²) >= 11 is 12.5. The van der Waals surface area contributed by atoms with Crippen LogP contribution in [0, 0.1) is 24.2 Å². The quantitative estimate of drug-likeness (QED) is 0.142. The van der Waals surface area contributed by atoms with Crippen molar-refractivity contribution in [1.29, 1.82) is 5.26 Å². The molecule has 1 saturated carbocycles. The van der Waals surface area contributed by atoms with Crippen LogP contribution in [0.1, 0.15) is 54.4 Å². The molecule has 1 aliphatic rings. The molecule has 0 radical (unpaired) electrons. The molecule has 1 fully saturated rings. The molecule has 3 aromatic carbocycles. The molecule has 1 aliphatic carbocycles. The predicted molar refractivity (Wildman–Crippen MR) is 179 cm³/mol. The van der Waals surface area contributed by atoms with Crippen LogP contribution < -0.4 is 15.2 Å². The number of nitrogens with two attached hydrogens (primary N) is 1. The van der Waals surface area contributed by atoms with Gasteiger partial charge < -0.3 is 20.1 Å². The van der Waals surface area contributed by atoms with Crippen LogP contribution in [-0.2, 0) is 17.8 Å². The van der Waals surface area contributed by atoms with Gasteiger partial charge in [0.1, 0.15) is 19.0 Å². The summed E-state index contributed by atoms with van der Waals surface area (Å²) in [7, 11) is 0. The number of carbonyl (C=O) groups excluding carboxylic acids is 1. The fraction of sp³-hybridized carbons (Fsp3) is 0.361. The standard InChI is InChI=1S/C36H38Cl2N4O3/c1-3-25(20-39)27-18-26-5-4-12-41-34(26)29(19-27)22-42(30-8-9-30)36(43)28(21-40)17-24-6-10-31(11-7-24)44-13-14-45-35-32(37)15-23(2)16-33(35)38/h4-7,10-12,15-16,18-19,25,28,30H,3,8-9,13-14,17,21-22,40H2,1-2H3. The molecular formula is C36H38Cl2N4O3. The van der Waals surface area contributed by atoms with Crippen LogP contribution in [0.25, 0.3) is 10.9 Å². The Kier molecular flexibility index (Phi) is 10.8. The van der Waals surface area contributed by atoms with E-state index in [9.17, 15) is 10.1 Å². The number of carbonyl (C=O) groups is 1. The SMILES string of the molecule is CCC(C#N)c1cc(CN(C(=O)C(CN)Cc2ccc(OCCOc3c(Cl)cc(C)cc3Cl)cc2)C2CC2)c2ncccc2c1. The van der Waals surface area contributed by atoms with Gasteiger partial charge in [-0.05, 0) is 91.3 Å². The van der Waals surface area contributed by atoms with Gasteiger partial charge in [0.2, 0.25) is 5.91 Å². The van der Waals surface area contributed by atoms with Gasteiger partial charge in [0.15, 0.2) is 5.75 Å². The lowest BCUT2D eigenvalue weighted by Gasteiger charge is -2.28. The number of benzene rings is 3. The molecule has 45 heavy (non-hydrogen) atoms. The number of hydrogen-bond donors (Lipinski definition) is 1. The highest BCUT2D eigenvalue weighted by Crippen LogP contribution is 2.35. The largest absolute Gasteiger partial charge is 0.490 e. The average molecular weight is 646 g/mol. The van der Waals surface area contributed by atoms with Crippen molar-refractivity contribution in [2.45, 2.75) is 58.0 Å². The minimum absolute atomic E-state index is 0.0488. The third-order valence-electron chi connectivity index (χ3n) is 8.16. The lowest BCUT2D eigenvalue weighted by molar-refractivity contribution is -0.136. The Morgan fingerprint density at radius 2 is 1.80 bits per heavy atom. The second kappa shape index (κ2) is 15.0. The van der Waals surface area contributed by atoms with E-state index in [1.165, 1.54) is 0 Å². The highest BCUT2D eigenvalue weighted by Gasteiger charge is 2.36. The molecule has 2 N–H and O–H groups in total. The van der Waals surface area contributed by atoms with E-state index in [1.807, 2.05) is 61.2 Å². The normalized spacial score (nSPS) is 14.0. The van der Waals surface area contributed by atoms with Crippen LogP contribution >= 0.6 is 23.2 Å². The number of rotatable bonds is 14. The Balaban J connectivity index is 1.23. The second-order valence-corrected chi connectivity index (χ2v) is 12.4. The van der Waals surface area contributed by atoms with Gasteiger partial charge in [0.05, 0.1) is 33.5 Å². The molecule has 9 heteroatoms. The number of ether oxygens (including phenoxy) is 2. The van der Waals surface area contributed by atoms with E-state index in [4.69, 9.17) is 38.4 Å². The molecule has 2 atom stereocenters. The first-order valence-corrected chi connectivity index (χ1v) is 16.1. The number of nitriles is 1. The molecule has 7 nitrogen and oxygen atoms in total. The Hall–Kier alpha value is -3.83. The van der Waals surface area contributed by atoms with Crippen LogP contribution in [0.3, 0.4) is 0 Å². The number of nitrogens with zero attached hydrogens (tertiary/aromatic N) is 3. The zero-order valence-electron chi connectivity index (χ0n) is 25.6. The molecular weight excluding hydrogens is 607 g/mol. The second-order valence-electron chi connectivity index (χ2n) is 11.6. The Labute approximate surface area is 274 Å². The molecule has 2 unspecified atom stereocenters. The summed E-state index contributed by atoms with van der Waals surface area (Å²) in [6, 6.07) is 21.9. The summed E-state index contributed by atoms with van der Waals surface area (Å²) in [6.45, 7) is 5.22. The van der Waals surface area contributed by atoms with E-state index in [1.54, 1.807) is 18.3 Å². The van der Waals surface area contributed by atoms with Gasteiger partial charge in [-0.1, -0.05) is 54.4 Å². The lowest BCUT2D eigenvalue weighted by atomic mass is 9.93. The lowest BCUT2D eigenvalue weighted by Crippen LogP contribution is -2.41. The zero-order valence-corrected chi connectivity index (χ0v) is 27.2. The van der Waals surface area contributed by atoms with Gasteiger partial charge in [0.25, 0.3) is 0 Å². The van der Waals surface area contributed by atoms with Crippen LogP contribution in [0.15, 0.2) is 66.9 Å². The maximum atomic E-state index is 14.0. The van der Waals surface area contributed by atoms with Crippen molar-refractivity contribution in [3.8, 4) is 17.6 Å². The van der Waals surface area contributed by atoms with Gasteiger partial charge in [-0.15, -0.1) is 0 Å². The van der Waals surface area contributed by atoms with Gasteiger partial charge in [0, 0.05) is 30.7 Å². The van der Waals surface area contributed by atoms with Gasteiger partial charge in [-0.3, -0.25) is 9.78 Å². The molecule has 5 rings (SSSR count). The minimum Gasteiger partial charge on any atom is -0.490 e. The summed E-state index contributed by atoms with van der Waals surface area (Å²) in [6.07, 6.45) is 4.97. The van der Waals surface area contributed by atoms with Crippen LogP contribution in [-0.4, -0.2) is 41.6 Å². The summed E-state index contributed by atoms with van der Waals surface area (Å²) in [5, 5.41) is 11.6. The molecule has 4 aromatic rings. The summed E-state index contributed by atoms with van der Waals surface area (Å²) in [4.78, 5) is 20.6. The number of fused-ring (bicyclic) bond motifs is 1. The maximum Gasteiger partial charge on any atom is 0.227 e. The van der Waals surface area contributed by atoms with E-state index in [0.717, 1.165) is 52.4 Å². The number of aryl methyl sites for hydroxylation is 1. The molecule has 234 valence electrons. The monoisotopic (exact) mass is 644 g/mol. The first-order valence-electron chi connectivity index (χ1n) is 15.4. The van der Waals surface area contributed by atoms with Crippen LogP contribution in [0.2, 0.25) is 10.0 Å². The van der Waals surface area contributed by atoms with E-state index in [0.29, 0.717) is 41.1 Å². The topological polar surface area (TPSA) is 101 Å². The van der Waals surface area contributed by atoms with Crippen molar-refractivity contribution in [3.63, 3.8) is 0 Å². The molecule has 1 aromatic heterocycles. The summed E-state index contributed by atoms with van der Waals surface area (Å²) < 4.78 is 11.6. The fourth-order valence-electron chi connectivity index (χ4n) is 5.61. The van der Waals surface area contributed by atoms with Crippen LogP contribution in [0.4, 0.5) is 0 Å². The molecule has 0 saturated heterocycles. The third-order valence-corrected chi connectivity index (χ3v) is 8.73. The third kappa shape index (κ3) is 8.07. The summed E-state index contributed by atoms with van der Waals surface area (Å²) in [5.74, 6) is 0.623. The first kappa shape index (κ1) is 32.6. The van der Waals surface area contributed by atoms with E-state index in [-0.39, 0.29) is 36.9 Å². The number of amides is 1. The highest BCUT2D eigenvalue weighted by atomic mass is 35.5. The smallest absolute Gasteiger partial charge is 0.227 e. The highest BCUT2D eigenvalue weighted by molar-refractivity contribution is 6.37. The Morgan fingerprint density at radius 1 is 1.09 bits per heavy atom. The van der Waals surface area contributed by atoms with Gasteiger partial charge >= 0.3 is 0 Å². The fourth-order valence-corrected chi connectivity index (χ4v) is 6.32. The minimum atomic E-state index is -0.361. The van der Waals surface area contributed by atoms with Crippen molar-refractivity contribution in [1.82, 2.24) is 9.88 Å². The van der Waals surface area contributed by atoms with Crippen molar-refractivity contribution in [2.24, 2.45) is 11.7 Å². The number of aromatic nitrogens is 1. The van der Waals surface area contributed by atoms with Crippen LogP contribution in [0.5, 0.6) is 11.5 Å². The van der Waals surface area contributed by atoms with E-state index >= 15 is 0 Å². The number of pyridine rings is 1. The molecule has 1 amide bonds. The van der Waals surface area contributed by atoms with Gasteiger partial charge in [-0.2, -0.15) is 5.26 Å². The molecule has 0 spiro atoms.